The zero-order valence-corrected chi connectivity index (χ0v) is 10.6. The van der Waals surface area contributed by atoms with Gasteiger partial charge in [0.25, 0.3) is 0 Å². The number of esters is 1. The topological polar surface area (TPSA) is 26.3 Å². The van der Waals surface area contributed by atoms with Crippen LogP contribution in [0.15, 0.2) is 12.2 Å². The predicted molar refractivity (Wildman–Crippen MR) is 64.2 cm³/mol. The van der Waals surface area contributed by atoms with Crippen molar-refractivity contribution >= 4 is 17.6 Å². The lowest BCUT2D eigenvalue weighted by Crippen LogP contribution is -2.15. The fourth-order valence-electron chi connectivity index (χ4n) is 0.965. The third-order valence-electron chi connectivity index (χ3n) is 1.88. The van der Waals surface area contributed by atoms with Crippen LogP contribution in [0.2, 0.25) is 0 Å². The van der Waals surface area contributed by atoms with Crippen LogP contribution in [-0.2, 0) is 9.53 Å². The maximum atomic E-state index is 11.2. The van der Waals surface area contributed by atoms with Gasteiger partial charge in [-0.25, -0.2) is 0 Å². The van der Waals surface area contributed by atoms with E-state index >= 15 is 0 Å². The van der Waals surface area contributed by atoms with Gasteiger partial charge in [0, 0.05) is 17.7 Å². The van der Waals surface area contributed by atoms with Gasteiger partial charge in [-0.2, -0.15) is 0 Å². The number of rotatable bonds is 7. The summed E-state index contributed by atoms with van der Waals surface area (Å²) in [6, 6.07) is 0. The Labute approximate surface area is 97.6 Å². The van der Waals surface area contributed by atoms with Crippen molar-refractivity contribution in [3.63, 3.8) is 0 Å². The molecule has 0 unspecified atom stereocenters. The molecular formula is C12H21ClO2. The first-order chi connectivity index (χ1) is 6.95. The molecule has 0 rings (SSSR count). The van der Waals surface area contributed by atoms with Crippen LogP contribution in [0.4, 0.5) is 0 Å². The molecule has 0 saturated heterocycles. The first kappa shape index (κ1) is 14.5. The number of halogens is 1. The lowest BCUT2D eigenvalue weighted by Gasteiger charge is -2.14. The highest BCUT2D eigenvalue weighted by atomic mass is 35.5. The maximum absolute atomic E-state index is 11.2. The van der Waals surface area contributed by atoms with Crippen LogP contribution in [-0.4, -0.2) is 17.5 Å². The van der Waals surface area contributed by atoms with E-state index in [4.69, 9.17) is 16.3 Å². The molecule has 15 heavy (non-hydrogen) atoms. The molecular weight excluding hydrogens is 212 g/mol. The smallest absolute Gasteiger partial charge is 0.306 e. The lowest BCUT2D eigenvalue weighted by atomic mass is 10.1. The monoisotopic (exact) mass is 232 g/mol. The Balaban J connectivity index is 3.46. The number of allylic oxidation sites excluding steroid dienone is 2. The molecule has 88 valence electrons. The van der Waals surface area contributed by atoms with E-state index in [2.05, 4.69) is 13.0 Å². The number of hydrogen-bond donors (Lipinski definition) is 0. The van der Waals surface area contributed by atoms with Crippen LogP contribution in [0.1, 0.15) is 46.5 Å². The van der Waals surface area contributed by atoms with Crippen molar-refractivity contribution in [3.8, 4) is 0 Å². The molecule has 0 bridgehead atoms. The second-order valence-corrected chi connectivity index (χ2v) is 5.13. The molecule has 0 aliphatic heterocycles. The molecule has 0 aromatic heterocycles. The lowest BCUT2D eigenvalue weighted by molar-refractivity contribution is -0.143. The minimum absolute atomic E-state index is 0.142. The quantitative estimate of drug-likeness (QED) is 0.380. The average molecular weight is 233 g/mol. The van der Waals surface area contributed by atoms with Gasteiger partial charge in [0.2, 0.25) is 0 Å². The fourth-order valence-corrected chi connectivity index (χ4v) is 1.04. The highest BCUT2D eigenvalue weighted by Crippen LogP contribution is 2.17. The highest BCUT2D eigenvalue weighted by Gasteiger charge is 2.13. The molecule has 3 heteroatoms. The van der Waals surface area contributed by atoms with Gasteiger partial charge in [-0.1, -0.05) is 19.1 Å². The Morgan fingerprint density at radius 1 is 1.40 bits per heavy atom. The van der Waals surface area contributed by atoms with Crippen LogP contribution in [0.3, 0.4) is 0 Å². The van der Waals surface area contributed by atoms with Crippen LogP contribution in [0.5, 0.6) is 0 Å². The Morgan fingerprint density at radius 2 is 2.07 bits per heavy atom. The molecule has 0 radical (unpaired) electrons. The molecule has 0 amide bonds. The number of hydrogen-bond acceptors (Lipinski definition) is 2. The minimum atomic E-state index is -0.289. The number of carbonyl (C=O) groups is 1. The van der Waals surface area contributed by atoms with Crippen molar-refractivity contribution in [2.75, 3.05) is 6.61 Å². The van der Waals surface area contributed by atoms with Gasteiger partial charge >= 0.3 is 5.97 Å². The molecule has 0 fully saturated rings. The third kappa shape index (κ3) is 11.4. The van der Waals surface area contributed by atoms with Crippen LogP contribution in [0, 0.1) is 0 Å². The van der Waals surface area contributed by atoms with Gasteiger partial charge in [0.05, 0.1) is 6.61 Å². The van der Waals surface area contributed by atoms with Crippen LogP contribution < -0.4 is 0 Å². The van der Waals surface area contributed by atoms with Crippen molar-refractivity contribution in [1.82, 2.24) is 0 Å². The third-order valence-corrected chi connectivity index (χ3v) is 2.07. The van der Waals surface area contributed by atoms with Gasteiger partial charge in [-0.05, 0) is 26.7 Å². The number of ether oxygens (including phenoxy) is 1. The SMILES string of the molecule is CC/C=C\CCC(=O)OCCC(C)(C)Cl. The highest BCUT2D eigenvalue weighted by molar-refractivity contribution is 6.23. The van der Waals surface area contributed by atoms with E-state index in [1.807, 2.05) is 19.9 Å². The summed E-state index contributed by atoms with van der Waals surface area (Å²) in [6.45, 7) is 6.29. The van der Waals surface area contributed by atoms with Crippen molar-refractivity contribution in [2.24, 2.45) is 0 Å². The standard InChI is InChI=1S/C12H21ClO2/c1-4-5-6-7-8-11(14)15-10-9-12(2,3)13/h5-6H,4,7-10H2,1-3H3/b6-5-. The summed E-state index contributed by atoms with van der Waals surface area (Å²) in [5.74, 6) is -0.142. The van der Waals surface area contributed by atoms with Crippen molar-refractivity contribution in [1.29, 1.82) is 0 Å². The zero-order chi connectivity index (χ0) is 11.7. The van der Waals surface area contributed by atoms with Gasteiger partial charge < -0.3 is 4.74 Å². The van der Waals surface area contributed by atoms with Crippen molar-refractivity contribution < 1.29 is 9.53 Å². The van der Waals surface area contributed by atoms with E-state index in [9.17, 15) is 4.79 Å². The molecule has 0 N–H and O–H groups in total. The second kappa shape index (κ2) is 7.75. The van der Waals surface area contributed by atoms with Gasteiger partial charge in [0.15, 0.2) is 0 Å². The summed E-state index contributed by atoms with van der Waals surface area (Å²) in [6.07, 6.45) is 6.97. The minimum Gasteiger partial charge on any atom is -0.466 e. The summed E-state index contributed by atoms with van der Waals surface area (Å²) in [5.41, 5.74) is 0. The Bertz CT molecular complexity index is 204. The molecule has 0 heterocycles. The van der Waals surface area contributed by atoms with E-state index in [0.717, 1.165) is 12.8 Å². The van der Waals surface area contributed by atoms with Crippen molar-refractivity contribution in [3.05, 3.63) is 12.2 Å². The van der Waals surface area contributed by atoms with E-state index < -0.39 is 0 Å². The van der Waals surface area contributed by atoms with E-state index in [1.165, 1.54) is 0 Å². The first-order valence-corrected chi connectivity index (χ1v) is 5.83. The normalized spacial score (nSPS) is 12.0. The van der Waals surface area contributed by atoms with Crippen molar-refractivity contribution in [2.45, 2.75) is 51.3 Å². The number of carbonyl (C=O) groups excluding carboxylic acids is 1. The summed E-state index contributed by atoms with van der Waals surface area (Å²) >= 11 is 5.96. The fraction of sp³-hybridized carbons (Fsp3) is 0.750. The molecule has 0 atom stereocenters. The molecule has 0 aromatic carbocycles. The summed E-state index contributed by atoms with van der Waals surface area (Å²) < 4.78 is 5.04. The van der Waals surface area contributed by atoms with Gasteiger partial charge in [-0.3, -0.25) is 4.79 Å². The van der Waals surface area contributed by atoms with Gasteiger partial charge in [0.1, 0.15) is 0 Å². The summed E-state index contributed by atoms with van der Waals surface area (Å²) in [7, 11) is 0. The number of alkyl halides is 1. The Hall–Kier alpha value is -0.500. The maximum Gasteiger partial charge on any atom is 0.306 e. The summed E-state index contributed by atoms with van der Waals surface area (Å²) in [4.78, 5) is 10.9. The van der Waals surface area contributed by atoms with Gasteiger partial charge in [-0.15, -0.1) is 11.6 Å². The first-order valence-electron chi connectivity index (χ1n) is 5.45. The predicted octanol–water partition coefficient (Wildman–Crippen LogP) is 3.68. The second-order valence-electron chi connectivity index (χ2n) is 4.11. The molecule has 2 nitrogen and oxygen atoms in total. The van der Waals surface area contributed by atoms with Crippen LogP contribution >= 0.6 is 11.6 Å². The zero-order valence-electron chi connectivity index (χ0n) is 9.88. The summed E-state index contributed by atoms with van der Waals surface area (Å²) in [5, 5.41) is 0. The molecule has 0 saturated carbocycles. The van der Waals surface area contributed by atoms with E-state index in [-0.39, 0.29) is 10.8 Å². The molecule has 0 aromatic rings. The Kier molecular flexibility index (Phi) is 7.49. The molecule has 0 spiro atoms. The molecule has 0 aliphatic carbocycles. The van der Waals surface area contributed by atoms with E-state index in [0.29, 0.717) is 19.4 Å². The average Bonchev–Trinajstić information content (AvgIpc) is 2.10. The molecule has 0 aliphatic rings. The largest absolute Gasteiger partial charge is 0.466 e. The van der Waals surface area contributed by atoms with E-state index in [1.54, 1.807) is 0 Å². The Morgan fingerprint density at radius 3 is 2.60 bits per heavy atom. The van der Waals surface area contributed by atoms with Crippen LogP contribution in [0.25, 0.3) is 0 Å².